The summed E-state index contributed by atoms with van der Waals surface area (Å²) in [6.07, 6.45) is 7.44. The number of rotatable bonds is 6. The number of nitrogens with zero attached hydrogens (tertiary/aromatic N) is 2. The highest BCUT2D eigenvalue weighted by Gasteiger charge is 2.55. The molecule has 1 unspecified atom stereocenters. The van der Waals surface area contributed by atoms with Gasteiger partial charge >= 0.3 is 0 Å². The van der Waals surface area contributed by atoms with Crippen LogP contribution in [0.4, 0.5) is 0 Å². The van der Waals surface area contributed by atoms with E-state index >= 15 is 0 Å². The molecular formula is C31H37N3O3. The zero-order valence-corrected chi connectivity index (χ0v) is 21.5. The second-order valence-corrected chi connectivity index (χ2v) is 11.9. The molecule has 6 nitrogen and oxygen atoms in total. The number of carbonyl (C=O) groups excluding carboxylic acids is 3. The van der Waals surface area contributed by atoms with E-state index in [1.165, 1.54) is 19.3 Å². The molecule has 7 rings (SSSR count). The molecule has 0 spiro atoms. The molecule has 4 saturated carbocycles. The highest BCUT2D eigenvalue weighted by atomic mass is 16.2. The third-order valence-corrected chi connectivity index (χ3v) is 9.33. The molecule has 37 heavy (non-hydrogen) atoms. The molecule has 3 amide bonds. The molecule has 0 radical (unpaired) electrons. The van der Waals surface area contributed by atoms with Crippen LogP contribution in [0.2, 0.25) is 0 Å². The number of benzene rings is 2. The van der Waals surface area contributed by atoms with Gasteiger partial charge in [0.05, 0.1) is 17.9 Å². The fraction of sp³-hybridized carbons (Fsp3) is 0.516. The Labute approximate surface area is 219 Å². The quantitative estimate of drug-likeness (QED) is 0.639. The van der Waals surface area contributed by atoms with E-state index in [2.05, 4.69) is 5.32 Å². The molecule has 1 atom stereocenters. The first-order valence-electron chi connectivity index (χ1n) is 14.0. The molecule has 6 heteroatoms. The van der Waals surface area contributed by atoms with Crippen LogP contribution in [0.5, 0.6) is 0 Å². The van der Waals surface area contributed by atoms with Crippen molar-refractivity contribution in [1.82, 2.24) is 15.1 Å². The molecular weight excluding hydrogens is 462 g/mol. The monoisotopic (exact) mass is 499 g/mol. The second-order valence-electron chi connectivity index (χ2n) is 11.9. The van der Waals surface area contributed by atoms with E-state index in [0.29, 0.717) is 37.6 Å². The smallest absolute Gasteiger partial charge is 0.251 e. The van der Waals surface area contributed by atoms with Gasteiger partial charge in [-0.3, -0.25) is 14.4 Å². The Hall–Kier alpha value is -3.15. The predicted octanol–water partition coefficient (Wildman–Crippen LogP) is 4.44. The normalized spacial score (nSPS) is 29.1. The fourth-order valence-electron chi connectivity index (χ4n) is 7.94. The van der Waals surface area contributed by atoms with Crippen LogP contribution in [0, 0.1) is 23.2 Å². The van der Waals surface area contributed by atoms with Crippen LogP contribution in [0.1, 0.15) is 66.9 Å². The summed E-state index contributed by atoms with van der Waals surface area (Å²) >= 11 is 0. The molecule has 2 aromatic carbocycles. The van der Waals surface area contributed by atoms with Crippen molar-refractivity contribution >= 4 is 17.7 Å². The third kappa shape index (κ3) is 4.90. The van der Waals surface area contributed by atoms with Gasteiger partial charge < -0.3 is 15.1 Å². The lowest BCUT2D eigenvalue weighted by Gasteiger charge is -2.57. The van der Waals surface area contributed by atoms with E-state index in [1.54, 1.807) is 12.1 Å². The molecule has 1 saturated heterocycles. The maximum Gasteiger partial charge on any atom is 0.251 e. The number of carbonyl (C=O) groups is 3. The lowest BCUT2D eigenvalue weighted by atomic mass is 9.49. The summed E-state index contributed by atoms with van der Waals surface area (Å²) in [4.78, 5) is 43.9. The Kier molecular flexibility index (Phi) is 6.51. The van der Waals surface area contributed by atoms with Crippen molar-refractivity contribution in [2.75, 3.05) is 26.2 Å². The van der Waals surface area contributed by atoms with E-state index in [0.717, 1.165) is 42.6 Å². The Morgan fingerprint density at radius 3 is 1.84 bits per heavy atom. The number of hydrogen-bond acceptors (Lipinski definition) is 3. The predicted molar refractivity (Wildman–Crippen MR) is 141 cm³/mol. The van der Waals surface area contributed by atoms with Crippen molar-refractivity contribution < 1.29 is 14.4 Å². The van der Waals surface area contributed by atoms with Gasteiger partial charge in [-0.25, -0.2) is 0 Å². The van der Waals surface area contributed by atoms with Gasteiger partial charge in [0.15, 0.2) is 0 Å². The molecule has 4 bridgehead atoms. The summed E-state index contributed by atoms with van der Waals surface area (Å²) in [5.41, 5.74) is 1.37. The van der Waals surface area contributed by atoms with Crippen LogP contribution in [-0.2, 0) is 9.59 Å². The SMILES string of the molecule is O=C(NC(CC(=O)N1CCN(C(=O)C23CC4CC(CC(C4)C2)C3)CC1)c1ccccc1)c1ccccc1. The van der Waals surface area contributed by atoms with Gasteiger partial charge in [0, 0.05) is 31.7 Å². The minimum Gasteiger partial charge on any atom is -0.345 e. The Morgan fingerprint density at radius 1 is 0.757 bits per heavy atom. The number of amides is 3. The summed E-state index contributed by atoms with van der Waals surface area (Å²) in [6.45, 7) is 2.34. The molecule has 1 N–H and O–H groups in total. The lowest BCUT2D eigenvalue weighted by Crippen LogP contribution is -2.58. The molecule has 4 aliphatic carbocycles. The van der Waals surface area contributed by atoms with Crippen molar-refractivity contribution in [1.29, 1.82) is 0 Å². The molecule has 2 aromatic rings. The van der Waals surface area contributed by atoms with Crippen LogP contribution >= 0.6 is 0 Å². The maximum atomic E-state index is 13.7. The number of hydrogen-bond donors (Lipinski definition) is 1. The zero-order chi connectivity index (χ0) is 25.4. The van der Waals surface area contributed by atoms with Crippen LogP contribution in [-0.4, -0.2) is 53.7 Å². The standard InChI is InChI=1S/C31H37N3O3/c35-28(18-27(25-7-3-1-4-8-25)32-29(36)26-9-5-2-6-10-26)33-11-13-34(14-12-33)30(37)31-19-22-15-23(20-31)17-24(16-22)21-31/h1-10,22-24,27H,11-21H2,(H,32,36). The largest absolute Gasteiger partial charge is 0.345 e. The van der Waals surface area contributed by atoms with Gasteiger partial charge in [-0.15, -0.1) is 0 Å². The van der Waals surface area contributed by atoms with Gasteiger partial charge in [0.1, 0.15) is 0 Å². The number of piperazine rings is 1. The summed E-state index contributed by atoms with van der Waals surface area (Å²) in [7, 11) is 0. The van der Waals surface area contributed by atoms with Gasteiger partial charge in [-0.05, 0) is 74.0 Å². The number of nitrogens with one attached hydrogen (secondary N) is 1. The molecule has 0 aromatic heterocycles. The molecule has 5 fully saturated rings. The van der Waals surface area contributed by atoms with Gasteiger partial charge in [-0.2, -0.15) is 0 Å². The summed E-state index contributed by atoms with van der Waals surface area (Å²) < 4.78 is 0. The molecule has 5 aliphatic rings. The average Bonchev–Trinajstić information content (AvgIpc) is 2.92. The average molecular weight is 500 g/mol. The summed E-state index contributed by atoms with van der Waals surface area (Å²) in [5, 5.41) is 3.07. The van der Waals surface area contributed by atoms with E-state index in [1.807, 2.05) is 58.3 Å². The lowest BCUT2D eigenvalue weighted by molar-refractivity contribution is -0.160. The first-order chi connectivity index (χ1) is 18.0. The second kappa shape index (κ2) is 9.96. The van der Waals surface area contributed by atoms with Crippen LogP contribution in [0.3, 0.4) is 0 Å². The van der Waals surface area contributed by atoms with Crippen molar-refractivity contribution in [2.24, 2.45) is 23.2 Å². The van der Waals surface area contributed by atoms with Crippen LogP contribution in [0.15, 0.2) is 60.7 Å². The highest BCUT2D eigenvalue weighted by molar-refractivity contribution is 5.94. The topological polar surface area (TPSA) is 69.7 Å². The third-order valence-electron chi connectivity index (χ3n) is 9.33. The van der Waals surface area contributed by atoms with E-state index in [-0.39, 0.29) is 23.7 Å². The Morgan fingerprint density at radius 2 is 1.27 bits per heavy atom. The van der Waals surface area contributed by atoms with E-state index in [4.69, 9.17) is 0 Å². The van der Waals surface area contributed by atoms with Gasteiger partial charge in [0.25, 0.3) is 5.91 Å². The molecule has 1 aliphatic heterocycles. The van der Waals surface area contributed by atoms with E-state index in [9.17, 15) is 14.4 Å². The minimum absolute atomic E-state index is 0.0177. The maximum absolute atomic E-state index is 13.7. The van der Waals surface area contributed by atoms with Gasteiger partial charge in [-0.1, -0.05) is 48.5 Å². The van der Waals surface area contributed by atoms with E-state index < -0.39 is 6.04 Å². The fourth-order valence-corrected chi connectivity index (χ4v) is 7.94. The molecule has 194 valence electrons. The van der Waals surface area contributed by atoms with Crippen LogP contribution in [0.25, 0.3) is 0 Å². The summed E-state index contributed by atoms with van der Waals surface area (Å²) in [5.74, 6) is 2.44. The van der Waals surface area contributed by atoms with Crippen molar-refractivity contribution in [3.63, 3.8) is 0 Å². The van der Waals surface area contributed by atoms with Crippen molar-refractivity contribution in [3.8, 4) is 0 Å². The zero-order valence-electron chi connectivity index (χ0n) is 21.5. The minimum atomic E-state index is -0.409. The van der Waals surface area contributed by atoms with Gasteiger partial charge in [0.2, 0.25) is 11.8 Å². The molecule has 1 heterocycles. The summed E-state index contributed by atoms with van der Waals surface area (Å²) in [6, 6.07) is 18.4. The first-order valence-corrected chi connectivity index (χ1v) is 14.0. The van der Waals surface area contributed by atoms with Crippen LogP contribution < -0.4 is 5.32 Å². The van der Waals surface area contributed by atoms with Crippen molar-refractivity contribution in [2.45, 2.75) is 51.0 Å². The highest BCUT2D eigenvalue weighted by Crippen LogP contribution is 2.60. The Balaban J connectivity index is 1.08. The Bertz CT molecular complexity index is 1110. The first kappa shape index (κ1) is 24.2. The van der Waals surface area contributed by atoms with Crippen molar-refractivity contribution in [3.05, 3.63) is 71.8 Å².